The number of nitrogen functional groups attached to an aromatic ring is 1. The van der Waals surface area contributed by atoms with Gasteiger partial charge in [0, 0.05) is 6.04 Å². The van der Waals surface area contributed by atoms with Crippen LogP contribution in [0.3, 0.4) is 0 Å². The van der Waals surface area contributed by atoms with Crippen molar-refractivity contribution in [1.29, 1.82) is 0 Å². The van der Waals surface area contributed by atoms with Gasteiger partial charge in [0.25, 0.3) is 0 Å². The fourth-order valence-corrected chi connectivity index (χ4v) is 2.40. The number of hydrogen-bond acceptors (Lipinski definition) is 2. The van der Waals surface area contributed by atoms with Crippen LogP contribution in [0, 0.1) is 0 Å². The number of hydrogen-bond donors (Lipinski definition) is 1. The molecule has 0 atom stereocenters. The van der Waals surface area contributed by atoms with Crippen molar-refractivity contribution in [2.75, 3.05) is 5.73 Å². The molecule has 1 aliphatic rings. The molecule has 2 aromatic rings. The van der Waals surface area contributed by atoms with Crippen LogP contribution >= 0.6 is 11.6 Å². The molecule has 0 amide bonds. The molecule has 0 aliphatic heterocycles. The summed E-state index contributed by atoms with van der Waals surface area (Å²) in [5, 5.41) is 0.739. The van der Waals surface area contributed by atoms with Crippen LogP contribution < -0.4 is 5.73 Å². The zero-order valence-corrected chi connectivity index (χ0v) is 9.04. The highest BCUT2D eigenvalue weighted by Gasteiger charge is 2.24. The van der Waals surface area contributed by atoms with E-state index in [1.165, 1.54) is 19.3 Å². The predicted octanol–water partition coefficient (Wildman–Crippen LogP) is 3.00. The molecule has 4 heteroatoms. The van der Waals surface area contributed by atoms with Crippen LogP contribution in [0.2, 0.25) is 5.02 Å². The Morgan fingerprint density at radius 1 is 1.40 bits per heavy atom. The van der Waals surface area contributed by atoms with Gasteiger partial charge in [-0.15, -0.1) is 0 Å². The summed E-state index contributed by atoms with van der Waals surface area (Å²) in [6.07, 6.45) is 3.63. The molecule has 1 aliphatic carbocycles. The molecule has 78 valence electrons. The first-order valence-electron chi connectivity index (χ1n) is 5.19. The summed E-state index contributed by atoms with van der Waals surface area (Å²) >= 11 is 6.18. The molecule has 3 rings (SSSR count). The number of aromatic nitrogens is 2. The third-order valence-corrected chi connectivity index (χ3v) is 3.43. The SMILES string of the molecule is Nc1nc2cccc(Cl)c2n1C1CCC1. The van der Waals surface area contributed by atoms with Gasteiger partial charge in [0.2, 0.25) is 5.95 Å². The highest BCUT2D eigenvalue weighted by molar-refractivity contribution is 6.35. The molecular formula is C11H12ClN3. The Labute approximate surface area is 92.8 Å². The lowest BCUT2D eigenvalue weighted by Gasteiger charge is -2.28. The van der Waals surface area contributed by atoms with E-state index in [4.69, 9.17) is 17.3 Å². The van der Waals surface area contributed by atoms with Crippen LogP contribution in [0.5, 0.6) is 0 Å². The van der Waals surface area contributed by atoms with E-state index in [2.05, 4.69) is 9.55 Å². The Hall–Kier alpha value is -1.22. The van der Waals surface area contributed by atoms with E-state index in [0.29, 0.717) is 12.0 Å². The molecular weight excluding hydrogens is 210 g/mol. The monoisotopic (exact) mass is 221 g/mol. The number of halogens is 1. The normalized spacial score (nSPS) is 16.9. The number of fused-ring (bicyclic) bond motifs is 1. The lowest BCUT2D eigenvalue weighted by Crippen LogP contribution is -2.18. The van der Waals surface area contributed by atoms with Gasteiger partial charge < -0.3 is 10.3 Å². The average Bonchev–Trinajstić information content (AvgIpc) is 2.42. The van der Waals surface area contributed by atoms with Gasteiger partial charge >= 0.3 is 0 Å². The topological polar surface area (TPSA) is 43.8 Å². The van der Waals surface area contributed by atoms with Crippen molar-refractivity contribution in [1.82, 2.24) is 9.55 Å². The summed E-state index contributed by atoms with van der Waals surface area (Å²) in [6, 6.07) is 6.24. The number of para-hydroxylation sites is 1. The van der Waals surface area contributed by atoms with Gasteiger partial charge in [-0.1, -0.05) is 17.7 Å². The molecule has 15 heavy (non-hydrogen) atoms. The molecule has 0 bridgehead atoms. The Balaban J connectivity index is 2.30. The Kier molecular flexibility index (Phi) is 1.89. The Bertz CT molecular complexity index is 514. The van der Waals surface area contributed by atoms with Gasteiger partial charge in [-0.05, 0) is 31.4 Å². The molecule has 1 aromatic heterocycles. The third kappa shape index (κ3) is 1.23. The maximum atomic E-state index is 6.18. The molecule has 1 saturated carbocycles. The number of nitrogens with two attached hydrogens (primary N) is 1. The van der Waals surface area contributed by atoms with Gasteiger partial charge in [0.15, 0.2) is 0 Å². The lowest BCUT2D eigenvalue weighted by atomic mass is 9.93. The van der Waals surface area contributed by atoms with Crippen molar-refractivity contribution in [3.63, 3.8) is 0 Å². The smallest absolute Gasteiger partial charge is 0.201 e. The summed E-state index contributed by atoms with van der Waals surface area (Å²) in [6.45, 7) is 0. The predicted molar refractivity (Wildman–Crippen MR) is 62.0 cm³/mol. The number of benzene rings is 1. The van der Waals surface area contributed by atoms with E-state index in [-0.39, 0.29) is 0 Å². The lowest BCUT2D eigenvalue weighted by molar-refractivity contribution is 0.324. The van der Waals surface area contributed by atoms with Crippen molar-refractivity contribution < 1.29 is 0 Å². The highest BCUT2D eigenvalue weighted by atomic mass is 35.5. The highest BCUT2D eigenvalue weighted by Crippen LogP contribution is 2.38. The zero-order chi connectivity index (χ0) is 10.4. The van der Waals surface area contributed by atoms with E-state index in [1.807, 2.05) is 18.2 Å². The second-order valence-corrected chi connectivity index (χ2v) is 4.44. The van der Waals surface area contributed by atoms with E-state index < -0.39 is 0 Å². The summed E-state index contributed by atoms with van der Waals surface area (Å²) < 4.78 is 2.08. The maximum Gasteiger partial charge on any atom is 0.201 e. The molecule has 0 saturated heterocycles. The second-order valence-electron chi connectivity index (χ2n) is 4.03. The minimum Gasteiger partial charge on any atom is -0.369 e. The van der Waals surface area contributed by atoms with Crippen LogP contribution in [0.25, 0.3) is 11.0 Å². The quantitative estimate of drug-likeness (QED) is 0.805. The summed E-state index contributed by atoms with van der Waals surface area (Å²) in [5.41, 5.74) is 7.81. The molecule has 0 spiro atoms. The van der Waals surface area contributed by atoms with Gasteiger partial charge in [0.1, 0.15) is 0 Å². The van der Waals surface area contributed by atoms with Crippen LogP contribution in [0.1, 0.15) is 25.3 Å². The second kappa shape index (κ2) is 3.14. The summed E-state index contributed by atoms with van der Waals surface area (Å²) in [5.74, 6) is 0.586. The fraction of sp³-hybridized carbons (Fsp3) is 0.364. The van der Waals surface area contributed by atoms with Gasteiger partial charge in [-0.3, -0.25) is 0 Å². The number of rotatable bonds is 1. The van der Waals surface area contributed by atoms with Crippen molar-refractivity contribution >= 4 is 28.6 Å². The van der Waals surface area contributed by atoms with Gasteiger partial charge in [-0.2, -0.15) is 0 Å². The fourth-order valence-electron chi connectivity index (χ4n) is 2.14. The zero-order valence-electron chi connectivity index (χ0n) is 8.28. The van der Waals surface area contributed by atoms with Crippen molar-refractivity contribution in [3.8, 4) is 0 Å². The van der Waals surface area contributed by atoms with Crippen LogP contribution in [0.15, 0.2) is 18.2 Å². The van der Waals surface area contributed by atoms with Crippen LogP contribution in [0.4, 0.5) is 5.95 Å². The summed E-state index contributed by atoms with van der Waals surface area (Å²) in [4.78, 5) is 4.33. The van der Waals surface area contributed by atoms with E-state index >= 15 is 0 Å². The number of imidazole rings is 1. The third-order valence-electron chi connectivity index (χ3n) is 3.13. The van der Waals surface area contributed by atoms with Gasteiger partial charge in [0.05, 0.1) is 16.1 Å². The standard InChI is InChI=1S/C11H12ClN3/c12-8-5-2-6-9-10(8)15(11(13)14-9)7-3-1-4-7/h2,5-7H,1,3-4H2,(H2,13,14). The molecule has 1 aromatic carbocycles. The van der Waals surface area contributed by atoms with E-state index in [9.17, 15) is 0 Å². The first kappa shape index (κ1) is 9.04. The molecule has 1 heterocycles. The van der Waals surface area contributed by atoms with Crippen molar-refractivity contribution in [2.45, 2.75) is 25.3 Å². The van der Waals surface area contributed by atoms with Crippen molar-refractivity contribution in [2.24, 2.45) is 0 Å². The first-order valence-corrected chi connectivity index (χ1v) is 5.57. The molecule has 0 radical (unpaired) electrons. The number of nitrogens with zero attached hydrogens (tertiary/aromatic N) is 2. The first-order chi connectivity index (χ1) is 7.27. The number of anilines is 1. The van der Waals surface area contributed by atoms with Crippen LogP contribution in [-0.2, 0) is 0 Å². The largest absolute Gasteiger partial charge is 0.369 e. The molecule has 3 nitrogen and oxygen atoms in total. The summed E-state index contributed by atoms with van der Waals surface area (Å²) in [7, 11) is 0. The van der Waals surface area contributed by atoms with Crippen molar-refractivity contribution in [3.05, 3.63) is 23.2 Å². The van der Waals surface area contributed by atoms with E-state index in [1.54, 1.807) is 0 Å². The van der Waals surface area contributed by atoms with Crippen LogP contribution in [-0.4, -0.2) is 9.55 Å². The Morgan fingerprint density at radius 2 is 2.20 bits per heavy atom. The maximum absolute atomic E-state index is 6.18. The molecule has 2 N–H and O–H groups in total. The minimum absolute atomic E-state index is 0.495. The van der Waals surface area contributed by atoms with E-state index in [0.717, 1.165) is 16.1 Å². The Morgan fingerprint density at radius 3 is 2.87 bits per heavy atom. The molecule has 1 fully saturated rings. The minimum atomic E-state index is 0.495. The molecule has 0 unspecified atom stereocenters. The average molecular weight is 222 g/mol. The van der Waals surface area contributed by atoms with Gasteiger partial charge in [-0.25, -0.2) is 4.98 Å².